The van der Waals surface area contributed by atoms with Crippen molar-refractivity contribution in [3.63, 3.8) is 0 Å². The summed E-state index contributed by atoms with van der Waals surface area (Å²) in [5, 5.41) is 4.10. The zero-order chi connectivity index (χ0) is 16.5. The Morgan fingerprint density at radius 1 is 0.955 bits per heavy atom. The van der Waals surface area contributed by atoms with Crippen LogP contribution in [0.4, 0.5) is 32.0 Å². The molecule has 0 fully saturated rings. The normalized spacial score (nSPS) is 12.3. The van der Waals surface area contributed by atoms with Crippen LogP contribution in [-0.4, -0.2) is 4.99 Å². The summed E-state index contributed by atoms with van der Waals surface area (Å²) in [6.45, 7) is 0. The van der Waals surface area contributed by atoms with E-state index in [2.05, 4.69) is 5.32 Å². The fourth-order valence-corrected chi connectivity index (χ4v) is 2.58. The average Bonchev–Trinajstić information content (AvgIpc) is 2.90. The quantitative estimate of drug-likeness (QED) is 0.558. The molecule has 9 heteroatoms. The Kier molecular flexibility index (Phi) is 4.48. The highest BCUT2D eigenvalue weighted by Gasteiger charge is 2.37. The molecule has 2 aromatic rings. The lowest BCUT2D eigenvalue weighted by molar-refractivity contribution is -0.143. The molecule has 1 aromatic heterocycles. The number of alkyl halides is 6. The highest BCUT2D eigenvalue weighted by Crippen LogP contribution is 2.37. The zero-order valence-electron chi connectivity index (χ0n) is 10.5. The second-order valence-electron chi connectivity index (χ2n) is 4.23. The third-order valence-corrected chi connectivity index (χ3v) is 3.93. The molecule has 118 valence electrons. The van der Waals surface area contributed by atoms with Gasteiger partial charge in [-0.25, -0.2) is 0 Å². The van der Waals surface area contributed by atoms with E-state index in [9.17, 15) is 26.3 Å². The van der Waals surface area contributed by atoms with Gasteiger partial charge in [0.2, 0.25) is 0 Å². The van der Waals surface area contributed by atoms with Gasteiger partial charge in [0.25, 0.3) is 0 Å². The Labute approximate surface area is 130 Å². The third-order valence-electron chi connectivity index (χ3n) is 2.59. The molecule has 1 nitrogen and oxygen atoms in total. The third kappa shape index (κ3) is 3.98. The molecule has 0 radical (unpaired) electrons. The van der Waals surface area contributed by atoms with E-state index in [1.165, 1.54) is 11.3 Å². The van der Waals surface area contributed by atoms with Gasteiger partial charge in [-0.15, -0.1) is 11.3 Å². The summed E-state index contributed by atoms with van der Waals surface area (Å²) in [6, 6.07) is 4.53. The van der Waals surface area contributed by atoms with Crippen molar-refractivity contribution in [2.45, 2.75) is 12.4 Å². The molecule has 0 atom stereocenters. The first-order chi connectivity index (χ1) is 10.1. The minimum atomic E-state index is -4.89. The second-order valence-corrected chi connectivity index (χ2v) is 5.58. The summed E-state index contributed by atoms with van der Waals surface area (Å²) in [5.74, 6) is 0. The molecule has 1 N–H and O–H groups in total. The molecule has 0 amide bonds. The summed E-state index contributed by atoms with van der Waals surface area (Å²) in [7, 11) is 0. The number of thiophene rings is 1. The molecule has 0 bridgehead atoms. The van der Waals surface area contributed by atoms with Crippen molar-refractivity contribution in [1.82, 2.24) is 0 Å². The SMILES string of the molecule is FC(F)(F)c1cc(NC(=S)c2cccs2)cc(C(F)(F)F)c1. The Hall–Kier alpha value is -1.61. The first kappa shape index (κ1) is 16.8. The Balaban J connectivity index is 2.40. The Morgan fingerprint density at radius 3 is 1.91 bits per heavy atom. The monoisotopic (exact) mass is 355 g/mol. The van der Waals surface area contributed by atoms with Crippen LogP contribution in [0.25, 0.3) is 0 Å². The van der Waals surface area contributed by atoms with Gasteiger partial charge in [-0.1, -0.05) is 18.3 Å². The van der Waals surface area contributed by atoms with Crippen LogP contribution in [0.3, 0.4) is 0 Å². The molecule has 0 spiro atoms. The predicted octanol–water partition coefficient (Wildman–Crippen LogP) is 5.57. The van der Waals surface area contributed by atoms with Crippen LogP contribution in [0.2, 0.25) is 0 Å². The maximum atomic E-state index is 12.7. The summed E-state index contributed by atoms with van der Waals surface area (Å²) in [5.41, 5.74) is -3.14. The largest absolute Gasteiger partial charge is 0.416 e. The molecule has 0 aliphatic heterocycles. The molecule has 2 rings (SSSR count). The molecule has 22 heavy (non-hydrogen) atoms. The van der Waals surface area contributed by atoms with Gasteiger partial charge in [-0.2, -0.15) is 26.3 Å². The van der Waals surface area contributed by atoms with Crippen molar-refractivity contribution in [1.29, 1.82) is 0 Å². The first-order valence-electron chi connectivity index (χ1n) is 5.72. The van der Waals surface area contributed by atoms with E-state index in [-0.39, 0.29) is 16.7 Å². The second kappa shape index (κ2) is 5.88. The lowest BCUT2D eigenvalue weighted by Crippen LogP contribution is -2.14. The Bertz CT molecular complexity index is 641. The van der Waals surface area contributed by atoms with E-state index in [4.69, 9.17) is 12.2 Å². The van der Waals surface area contributed by atoms with Gasteiger partial charge in [0, 0.05) is 5.69 Å². The molecule has 1 heterocycles. The zero-order valence-corrected chi connectivity index (χ0v) is 12.2. The number of benzene rings is 1. The average molecular weight is 355 g/mol. The Morgan fingerprint density at radius 2 is 1.50 bits per heavy atom. The van der Waals surface area contributed by atoms with Gasteiger partial charge >= 0.3 is 12.4 Å². The highest BCUT2D eigenvalue weighted by molar-refractivity contribution is 7.81. The molecule has 0 unspecified atom stereocenters. The van der Waals surface area contributed by atoms with Crippen molar-refractivity contribution in [3.05, 3.63) is 51.7 Å². The van der Waals surface area contributed by atoms with Crippen molar-refractivity contribution in [2.24, 2.45) is 0 Å². The number of nitrogens with one attached hydrogen (secondary N) is 1. The molecule has 1 aromatic carbocycles. The van der Waals surface area contributed by atoms with E-state index in [1.807, 2.05) is 0 Å². The minimum absolute atomic E-state index is 0.0578. The van der Waals surface area contributed by atoms with Crippen LogP contribution in [-0.2, 0) is 12.4 Å². The molecular formula is C13H7F6NS2. The van der Waals surface area contributed by atoms with Gasteiger partial charge in [-0.3, -0.25) is 0 Å². The van der Waals surface area contributed by atoms with Crippen molar-refractivity contribution < 1.29 is 26.3 Å². The minimum Gasteiger partial charge on any atom is -0.345 e. The number of halogens is 6. The number of hydrogen-bond acceptors (Lipinski definition) is 2. The van der Waals surface area contributed by atoms with E-state index in [0.29, 0.717) is 17.0 Å². The molecule has 0 aliphatic rings. The van der Waals surface area contributed by atoms with E-state index < -0.39 is 23.5 Å². The van der Waals surface area contributed by atoms with Crippen LogP contribution in [0.1, 0.15) is 16.0 Å². The predicted molar refractivity (Wildman–Crippen MR) is 76.1 cm³/mol. The molecule has 0 aliphatic carbocycles. The van der Waals surface area contributed by atoms with E-state index in [0.717, 1.165) is 0 Å². The van der Waals surface area contributed by atoms with Gasteiger partial charge in [0.05, 0.1) is 16.0 Å². The fraction of sp³-hybridized carbons (Fsp3) is 0.154. The number of rotatable bonds is 2. The van der Waals surface area contributed by atoms with Gasteiger partial charge in [0.1, 0.15) is 4.99 Å². The number of anilines is 1. The van der Waals surface area contributed by atoms with Crippen LogP contribution >= 0.6 is 23.6 Å². The molecular weight excluding hydrogens is 348 g/mol. The smallest absolute Gasteiger partial charge is 0.345 e. The standard InChI is InChI=1S/C13H7F6NS2/c14-12(15,16)7-4-8(13(17,18)19)6-9(5-7)20-11(21)10-2-1-3-22-10/h1-6H,(H,20,21). The summed E-state index contributed by atoms with van der Waals surface area (Å²) < 4.78 is 76.3. The first-order valence-corrected chi connectivity index (χ1v) is 7.00. The highest BCUT2D eigenvalue weighted by atomic mass is 32.1. The topological polar surface area (TPSA) is 12.0 Å². The van der Waals surface area contributed by atoms with Crippen molar-refractivity contribution in [2.75, 3.05) is 5.32 Å². The van der Waals surface area contributed by atoms with Crippen LogP contribution in [0, 0.1) is 0 Å². The molecule has 0 saturated carbocycles. The maximum Gasteiger partial charge on any atom is 0.416 e. The lowest BCUT2D eigenvalue weighted by atomic mass is 10.1. The van der Waals surface area contributed by atoms with Gasteiger partial charge < -0.3 is 5.32 Å². The summed E-state index contributed by atoms with van der Waals surface area (Å²) >= 11 is 6.19. The van der Waals surface area contributed by atoms with Gasteiger partial charge in [0.15, 0.2) is 0 Å². The van der Waals surface area contributed by atoms with E-state index in [1.54, 1.807) is 17.5 Å². The van der Waals surface area contributed by atoms with Gasteiger partial charge in [-0.05, 0) is 29.6 Å². The summed E-state index contributed by atoms with van der Waals surface area (Å²) in [6.07, 6.45) is -9.77. The lowest BCUT2D eigenvalue weighted by Gasteiger charge is -2.15. The van der Waals surface area contributed by atoms with Crippen LogP contribution < -0.4 is 5.32 Å². The van der Waals surface area contributed by atoms with E-state index >= 15 is 0 Å². The maximum absolute atomic E-state index is 12.7. The summed E-state index contributed by atoms with van der Waals surface area (Å²) in [4.78, 5) is 0.600. The number of thiocarbonyl (C=S) groups is 1. The van der Waals surface area contributed by atoms with Crippen LogP contribution in [0.15, 0.2) is 35.7 Å². The van der Waals surface area contributed by atoms with Crippen molar-refractivity contribution in [3.8, 4) is 0 Å². The fourth-order valence-electron chi connectivity index (χ4n) is 1.63. The number of hydrogen-bond donors (Lipinski definition) is 1. The van der Waals surface area contributed by atoms with Crippen molar-refractivity contribution >= 4 is 34.2 Å². The molecule has 0 saturated heterocycles. The van der Waals surface area contributed by atoms with Crippen LogP contribution in [0.5, 0.6) is 0 Å².